The van der Waals surface area contributed by atoms with Crippen LogP contribution in [0.3, 0.4) is 0 Å². The molecule has 1 heterocycles. The molecule has 26 heavy (non-hydrogen) atoms. The van der Waals surface area contributed by atoms with Gasteiger partial charge in [0.05, 0.1) is 5.56 Å². The van der Waals surface area contributed by atoms with Gasteiger partial charge in [-0.25, -0.2) is 21.5 Å². The molecule has 0 saturated heterocycles. The van der Waals surface area contributed by atoms with E-state index in [4.69, 9.17) is 0 Å². The lowest BCUT2D eigenvalue weighted by atomic mass is 10.1. The van der Waals surface area contributed by atoms with E-state index in [9.17, 15) is 26.8 Å². The van der Waals surface area contributed by atoms with Gasteiger partial charge in [-0.1, -0.05) is 0 Å². The van der Waals surface area contributed by atoms with E-state index in [0.29, 0.717) is 0 Å². The van der Waals surface area contributed by atoms with Crippen molar-refractivity contribution in [1.82, 2.24) is 4.31 Å². The first-order valence-corrected chi connectivity index (χ1v) is 9.06. The number of halogens is 2. The molecule has 1 aliphatic heterocycles. The number of nitrogens with zero attached hydrogens (tertiary/aromatic N) is 1. The molecule has 0 bridgehead atoms. The van der Waals surface area contributed by atoms with Crippen molar-refractivity contribution in [3.63, 3.8) is 0 Å². The predicted molar refractivity (Wildman–Crippen MR) is 89.2 cm³/mol. The number of hydrogen-bond acceptors (Lipinski definition) is 4. The maximum atomic E-state index is 13.2. The van der Waals surface area contributed by atoms with Gasteiger partial charge in [0, 0.05) is 23.4 Å². The first kappa shape index (κ1) is 18.0. The minimum atomic E-state index is -4.04. The van der Waals surface area contributed by atoms with Crippen molar-refractivity contribution in [2.45, 2.75) is 24.8 Å². The van der Waals surface area contributed by atoms with E-state index in [-0.39, 0.29) is 21.7 Å². The van der Waals surface area contributed by atoms with E-state index >= 15 is 0 Å². The lowest BCUT2D eigenvalue weighted by molar-refractivity contribution is 0.0846. The maximum absolute atomic E-state index is 13.2. The van der Waals surface area contributed by atoms with E-state index in [2.05, 4.69) is 5.32 Å². The van der Waals surface area contributed by atoms with Crippen LogP contribution in [0.1, 0.15) is 34.6 Å². The summed E-state index contributed by atoms with van der Waals surface area (Å²) in [6, 6.07) is 5.92. The molecular formula is C17H14F2N2O4S. The molecule has 0 spiro atoms. The van der Waals surface area contributed by atoms with E-state index < -0.39 is 39.5 Å². The molecule has 9 heteroatoms. The van der Waals surface area contributed by atoms with Gasteiger partial charge < -0.3 is 5.32 Å². The monoisotopic (exact) mass is 380 g/mol. The molecule has 136 valence electrons. The van der Waals surface area contributed by atoms with Crippen molar-refractivity contribution in [3.8, 4) is 0 Å². The standard InChI is InChI=1S/C17H14F2N2O4S/c1-9(2)21-17(23)12-5-3-10(7-15(12)26(21,24)25)16(22)20-11-4-6-13(18)14(19)8-11/h3-9H,1-2H3,(H,20,22). The summed E-state index contributed by atoms with van der Waals surface area (Å²) in [4.78, 5) is 24.3. The van der Waals surface area contributed by atoms with E-state index in [1.165, 1.54) is 18.2 Å². The van der Waals surface area contributed by atoms with E-state index in [0.717, 1.165) is 22.5 Å². The number of fused-ring (bicyclic) bond motifs is 1. The fraction of sp³-hybridized carbons (Fsp3) is 0.176. The Kier molecular flexibility index (Phi) is 4.27. The Balaban J connectivity index is 1.95. The van der Waals surface area contributed by atoms with Gasteiger partial charge in [0.1, 0.15) is 4.90 Å². The van der Waals surface area contributed by atoms with Gasteiger partial charge in [-0.3, -0.25) is 9.59 Å². The van der Waals surface area contributed by atoms with Crippen molar-refractivity contribution >= 4 is 27.5 Å². The molecule has 2 aromatic carbocycles. The molecule has 0 unspecified atom stereocenters. The molecule has 0 radical (unpaired) electrons. The summed E-state index contributed by atoms with van der Waals surface area (Å²) in [5, 5.41) is 2.35. The fourth-order valence-electron chi connectivity index (χ4n) is 2.68. The molecule has 6 nitrogen and oxygen atoms in total. The minimum absolute atomic E-state index is 0.0110. The van der Waals surface area contributed by atoms with Crippen molar-refractivity contribution in [1.29, 1.82) is 0 Å². The molecule has 1 N–H and O–H groups in total. The zero-order chi connectivity index (χ0) is 19.2. The number of nitrogens with one attached hydrogen (secondary N) is 1. The summed E-state index contributed by atoms with van der Waals surface area (Å²) in [5.41, 5.74) is -0.0318. The van der Waals surface area contributed by atoms with Crippen molar-refractivity contribution in [2.75, 3.05) is 5.32 Å². The van der Waals surface area contributed by atoms with E-state index in [1.807, 2.05) is 0 Å². The van der Waals surface area contributed by atoms with Crippen LogP contribution in [0.15, 0.2) is 41.3 Å². The third-order valence-electron chi connectivity index (χ3n) is 3.86. The average Bonchev–Trinajstić information content (AvgIpc) is 2.77. The van der Waals surface area contributed by atoms with Gasteiger partial charge in [0.15, 0.2) is 11.6 Å². The summed E-state index contributed by atoms with van der Waals surface area (Å²) < 4.78 is 52.0. The van der Waals surface area contributed by atoms with Gasteiger partial charge in [0.25, 0.3) is 21.8 Å². The minimum Gasteiger partial charge on any atom is -0.322 e. The second kappa shape index (κ2) is 6.17. The fourth-order valence-corrected chi connectivity index (χ4v) is 4.47. The molecule has 0 fully saturated rings. The van der Waals surface area contributed by atoms with Crippen molar-refractivity contribution < 1.29 is 26.8 Å². The molecule has 3 rings (SSSR count). The Hall–Kier alpha value is -2.81. The Morgan fingerprint density at radius 2 is 1.77 bits per heavy atom. The van der Waals surface area contributed by atoms with Gasteiger partial charge in [-0.05, 0) is 44.2 Å². The van der Waals surface area contributed by atoms with Crippen LogP contribution in [0.5, 0.6) is 0 Å². The lowest BCUT2D eigenvalue weighted by Gasteiger charge is -2.18. The van der Waals surface area contributed by atoms with Crippen LogP contribution in [0.2, 0.25) is 0 Å². The van der Waals surface area contributed by atoms with Gasteiger partial charge in [-0.15, -0.1) is 0 Å². The van der Waals surface area contributed by atoms with Crippen LogP contribution in [0.25, 0.3) is 0 Å². The van der Waals surface area contributed by atoms with Crippen LogP contribution < -0.4 is 5.32 Å². The lowest BCUT2D eigenvalue weighted by Crippen LogP contribution is -2.36. The van der Waals surface area contributed by atoms with Crippen molar-refractivity contribution in [3.05, 3.63) is 59.2 Å². The number of anilines is 1. The normalized spacial score (nSPS) is 15.3. The van der Waals surface area contributed by atoms with Crippen LogP contribution >= 0.6 is 0 Å². The predicted octanol–water partition coefficient (Wildman–Crippen LogP) is 2.77. The highest BCUT2D eigenvalue weighted by molar-refractivity contribution is 7.90. The third kappa shape index (κ3) is 2.84. The quantitative estimate of drug-likeness (QED) is 0.888. The highest BCUT2D eigenvalue weighted by Crippen LogP contribution is 2.32. The molecular weight excluding hydrogens is 366 g/mol. The Morgan fingerprint density at radius 3 is 2.38 bits per heavy atom. The van der Waals surface area contributed by atoms with Gasteiger partial charge in [-0.2, -0.15) is 0 Å². The van der Waals surface area contributed by atoms with Crippen LogP contribution in [-0.2, 0) is 10.0 Å². The third-order valence-corrected chi connectivity index (χ3v) is 5.86. The van der Waals surface area contributed by atoms with Gasteiger partial charge in [0.2, 0.25) is 0 Å². The number of hydrogen-bond donors (Lipinski definition) is 1. The first-order valence-electron chi connectivity index (χ1n) is 7.62. The number of sulfonamides is 1. The molecule has 0 aromatic heterocycles. The summed E-state index contributed by atoms with van der Waals surface area (Å²) >= 11 is 0. The zero-order valence-electron chi connectivity index (χ0n) is 13.8. The largest absolute Gasteiger partial charge is 0.322 e. The summed E-state index contributed by atoms with van der Waals surface area (Å²) in [6.07, 6.45) is 0. The molecule has 0 saturated carbocycles. The Bertz CT molecular complexity index is 1040. The molecule has 0 atom stereocenters. The average molecular weight is 380 g/mol. The number of carbonyl (C=O) groups excluding carboxylic acids is 2. The molecule has 0 aliphatic carbocycles. The Morgan fingerprint density at radius 1 is 1.08 bits per heavy atom. The molecule has 2 aromatic rings. The second-order valence-corrected chi connectivity index (χ2v) is 7.78. The summed E-state index contributed by atoms with van der Waals surface area (Å²) in [6.45, 7) is 3.13. The zero-order valence-corrected chi connectivity index (χ0v) is 14.6. The maximum Gasteiger partial charge on any atom is 0.269 e. The molecule has 2 amide bonds. The van der Waals surface area contributed by atoms with Gasteiger partial charge >= 0.3 is 0 Å². The SMILES string of the molecule is CC(C)N1C(=O)c2ccc(C(=O)Nc3ccc(F)c(F)c3)cc2S1(=O)=O. The first-order chi connectivity index (χ1) is 12.1. The number of rotatable bonds is 3. The smallest absolute Gasteiger partial charge is 0.269 e. The summed E-state index contributed by atoms with van der Waals surface area (Å²) in [5.74, 6) is -3.55. The second-order valence-electron chi connectivity index (χ2n) is 5.99. The number of benzene rings is 2. The van der Waals surface area contributed by atoms with E-state index in [1.54, 1.807) is 13.8 Å². The highest BCUT2D eigenvalue weighted by Gasteiger charge is 2.42. The van der Waals surface area contributed by atoms with Crippen LogP contribution in [0, 0.1) is 11.6 Å². The topological polar surface area (TPSA) is 83.6 Å². The Labute approximate surface area is 148 Å². The highest BCUT2D eigenvalue weighted by atomic mass is 32.2. The van der Waals surface area contributed by atoms with Crippen LogP contribution in [-0.4, -0.2) is 30.6 Å². The van der Waals surface area contributed by atoms with Crippen molar-refractivity contribution in [2.24, 2.45) is 0 Å². The number of carbonyl (C=O) groups is 2. The van der Waals surface area contributed by atoms with Crippen LogP contribution in [0.4, 0.5) is 14.5 Å². The summed E-state index contributed by atoms with van der Waals surface area (Å²) in [7, 11) is -4.04. The molecule has 1 aliphatic rings. The number of amides is 2.